The summed E-state index contributed by atoms with van der Waals surface area (Å²) < 4.78 is 5.28. The molecular weight excluding hydrogens is 789 g/mol. The topological polar surface area (TPSA) is 202 Å². The van der Waals surface area contributed by atoms with Gasteiger partial charge in [-0.15, -0.1) is 0 Å². The maximum Gasteiger partial charge on any atom is 0.408 e. The van der Waals surface area contributed by atoms with Crippen molar-refractivity contribution in [2.45, 2.75) is 69.8 Å². The fourth-order valence-corrected chi connectivity index (χ4v) is 8.39. The summed E-state index contributed by atoms with van der Waals surface area (Å²) in [5, 5.41) is 18.5. The van der Waals surface area contributed by atoms with Crippen LogP contribution in [0.1, 0.15) is 74.5 Å². The number of rotatable bonds is 12. The lowest BCUT2D eigenvalue weighted by Crippen LogP contribution is -2.48. The molecule has 6 N–H and O–H groups in total. The van der Waals surface area contributed by atoms with E-state index >= 15 is 0 Å². The Morgan fingerprint density at radius 1 is 0.742 bits per heavy atom. The second-order valence-electron chi connectivity index (χ2n) is 15.9. The molecule has 2 aromatic heterocycles. The molecular formula is C47H48N8O7. The number of carbonyl (C=O) groups is 5. The number of carboxylic acid groups (broad SMARTS) is 1. The average Bonchev–Trinajstić information content (AvgIpc) is 4.11. The second-order valence-corrected chi connectivity index (χ2v) is 15.9. The van der Waals surface area contributed by atoms with Gasteiger partial charge in [-0.3, -0.25) is 14.4 Å². The summed E-state index contributed by atoms with van der Waals surface area (Å²) >= 11 is 0. The van der Waals surface area contributed by atoms with E-state index in [4.69, 9.17) is 4.74 Å². The van der Waals surface area contributed by atoms with Crippen LogP contribution >= 0.6 is 0 Å². The number of benzene rings is 4. The van der Waals surface area contributed by atoms with Crippen LogP contribution in [0.2, 0.25) is 0 Å². The fraction of sp³-hybridized carbons (Fsp3) is 0.277. The van der Waals surface area contributed by atoms with Gasteiger partial charge in [-0.05, 0) is 80.5 Å². The number of amides is 5. The number of nitrogens with zero attached hydrogens (tertiary/aromatic N) is 3. The van der Waals surface area contributed by atoms with Crippen molar-refractivity contribution in [3.05, 3.63) is 132 Å². The van der Waals surface area contributed by atoms with Crippen molar-refractivity contribution < 1.29 is 33.8 Å². The van der Waals surface area contributed by atoms with E-state index in [1.165, 1.54) is 4.90 Å². The van der Waals surface area contributed by atoms with E-state index in [1.807, 2.05) is 60.7 Å². The monoisotopic (exact) mass is 836 g/mol. The van der Waals surface area contributed by atoms with Crippen molar-refractivity contribution in [1.82, 2.24) is 35.4 Å². The van der Waals surface area contributed by atoms with E-state index in [2.05, 4.69) is 30.9 Å². The third kappa shape index (κ3) is 9.01. The molecule has 15 nitrogen and oxygen atoms in total. The largest absolute Gasteiger partial charge is 0.465 e. The third-order valence-corrected chi connectivity index (χ3v) is 11.3. The predicted octanol–water partition coefficient (Wildman–Crippen LogP) is 7.70. The van der Waals surface area contributed by atoms with Crippen molar-refractivity contribution in [2.75, 3.05) is 18.4 Å². The van der Waals surface area contributed by atoms with Gasteiger partial charge in [0.2, 0.25) is 11.8 Å². The molecule has 8 rings (SSSR count). The Morgan fingerprint density at radius 3 is 2.05 bits per heavy atom. The molecule has 4 heterocycles. The normalized spacial score (nSPS) is 17.1. The zero-order chi connectivity index (χ0) is 43.3. The minimum atomic E-state index is -1.27. The van der Waals surface area contributed by atoms with Crippen molar-refractivity contribution in [2.24, 2.45) is 0 Å². The summed E-state index contributed by atoms with van der Waals surface area (Å²) in [5.41, 5.74) is 6.08. The average molecular weight is 837 g/mol. The zero-order valence-corrected chi connectivity index (χ0v) is 34.3. The molecule has 0 radical (unpaired) electrons. The quantitative estimate of drug-likeness (QED) is 0.0720. The molecule has 6 aromatic rings. The number of aromatic amines is 2. The standard InChI is InChI=1S/C47H48N8O7/c1-28(2)62-47(61)53-41(31-13-7-4-8-14-31)45(58)55-24-10-16-39(55)43(56)49-34-21-22-35-33(25-34)26-36(50-35)29-17-19-32(20-18-29)42-48-27-37(51-42)38-15-9-23-54(38)44(57)40(52-46(59)60)30-11-5-3-6-12-30/h3-8,11-14,17-22,25-28,38-41,50,52H,9-10,15-16,23-24H2,1-2H3,(H,48,51)(H,49,56)(H,53,61)(H,59,60)/t38-,39-,40+,41+/m0/s1. The number of aromatic nitrogens is 3. The van der Waals surface area contributed by atoms with Gasteiger partial charge in [0.05, 0.1) is 24.0 Å². The summed E-state index contributed by atoms with van der Waals surface area (Å²) in [6.07, 6.45) is 2.02. The maximum atomic E-state index is 14.0. The molecule has 2 aliphatic heterocycles. The van der Waals surface area contributed by atoms with Gasteiger partial charge in [0.15, 0.2) is 0 Å². The Labute approximate surface area is 357 Å². The molecule has 318 valence electrons. The number of likely N-dealkylation sites (tertiary alicyclic amines) is 2. The fourth-order valence-electron chi connectivity index (χ4n) is 8.39. The lowest BCUT2D eigenvalue weighted by Gasteiger charge is -2.29. The van der Waals surface area contributed by atoms with E-state index in [9.17, 15) is 29.1 Å². The highest BCUT2D eigenvalue weighted by molar-refractivity contribution is 6.00. The first-order valence-corrected chi connectivity index (χ1v) is 20.8. The summed E-state index contributed by atoms with van der Waals surface area (Å²) in [4.78, 5) is 80.5. The van der Waals surface area contributed by atoms with E-state index in [0.29, 0.717) is 48.6 Å². The van der Waals surface area contributed by atoms with Crippen molar-refractivity contribution in [3.63, 3.8) is 0 Å². The molecule has 5 amide bonds. The van der Waals surface area contributed by atoms with Gasteiger partial charge >= 0.3 is 12.2 Å². The molecule has 4 atom stereocenters. The number of imidazole rings is 1. The van der Waals surface area contributed by atoms with E-state index in [1.54, 1.807) is 73.5 Å². The number of nitrogens with one attached hydrogen (secondary N) is 5. The van der Waals surface area contributed by atoms with Gasteiger partial charge in [0, 0.05) is 40.9 Å². The van der Waals surface area contributed by atoms with Gasteiger partial charge in [-0.2, -0.15) is 0 Å². The number of carbonyl (C=O) groups excluding carboxylic acids is 4. The molecule has 62 heavy (non-hydrogen) atoms. The van der Waals surface area contributed by atoms with Crippen LogP contribution in [-0.2, 0) is 19.1 Å². The first-order valence-electron chi connectivity index (χ1n) is 20.8. The molecule has 0 saturated carbocycles. The molecule has 2 saturated heterocycles. The Bertz CT molecular complexity index is 2570. The zero-order valence-electron chi connectivity index (χ0n) is 34.3. The molecule has 15 heteroatoms. The van der Waals surface area contributed by atoms with Gasteiger partial charge in [-0.25, -0.2) is 14.6 Å². The number of ether oxygens (including phenoxy) is 1. The molecule has 0 unspecified atom stereocenters. The molecule has 4 aromatic carbocycles. The highest BCUT2D eigenvalue weighted by atomic mass is 16.6. The number of H-pyrrole nitrogens is 2. The highest BCUT2D eigenvalue weighted by Gasteiger charge is 2.39. The summed E-state index contributed by atoms with van der Waals surface area (Å²) in [6.45, 7) is 4.34. The lowest BCUT2D eigenvalue weighted by molar-refractivity contribution is -0.138. The van der Waals surface area contributed by atoms with Crippen LogP contribution in [0.5, 0.6) is 0 Å². The van der Waals surface area contributed by atoms with Gasteiger partial charge < -0.3 is 45.6 Å². The van der Waals surface area contributed by atoms with Crippen LogP contribution < -0.4 is 16.0 Å². The Hall–Kier alpha value is -7.42. The number of fused-ring (bicyclic) bond motifs is 1. The molecule has 2 fully saturated rings. The minimum Gasteiger partial charge on any atom is -0.465 e. The number of hydrogen-bond acceptors (Lipinski definition) is 7. The van der Waals surface area contributed by atoms with Crippen LogP contribution in [-0.4, -0.2) is 85.0 Å². The van der Waals surface area contributed by atoms with Gasteiger partial charge in [0.25, 0.3) is 5.91 Å². The van der Waals surface area contributed by atoms with Crippen molar-refractivity contribution in [3.8, 4) is 22.6 Å². The molecule has 0 bridgehead atoms. The third-order valence-electron chi connectivity index (χ3n) is 11.3. The predicted molar refractivity (Wildman–Crippen MR) is 233 cm³/mol. The van der Waals surface area contributed by atoms with E-state index in [-0.39, 0.29) is 29.9 Å². The minimum absolute atomic E-state index is 0.276. The summed E-state index contributed by atoms with van der Waals surface area (Å²) in [7, 11) is 0. The summed E-state index contributed by atoms with van der Waals surface area (Å²) in [6, 6.07) is 30.3. The van der Waals surface area contributed by atoms with Crippen LogP contribution in [0.4, 0.5) is 15.3 Å². The van der Waals surface area contributed by atoms with Crippen LogP contribution in [0.15, 0.2) is 115 Å². The van der Waals surface area contributed by atoms with Gasteiger partial charge in [-0.1, -0.05) is 84.9 Å². The van der Waals surface area contributed by atoms with Crippen molar-refractivity contribution in [1.29, 1.82) is 0 Å². The highest BCUT2D eigenvalue weighted by Crippen LogP contribution is 2.35. The Balaban J connectivity index is 0.928. The first-order chi connectivity index (χ1) is 30.0. The first kappa shape index (κ1) is 41.3. The van der Waals surface area contributed by atoms with Crippen molar-refractivity contribution >= 4 is 46.5 Å². The molecule has 0 aliphatic carbocycles. The van der Waals surface area contributed by atoms with Gasteiger partial charge in [0.1, 0.15) is 23.9 Å². The number of alkyl carbamates (subject to hydrolysis) is 1. The smallest absolute Gasteiger partial charge is 0.408 e. The van der Waals surface area contributed by atoms with E-state index in [0.717, 1.165) is 46.3 Å². The number of anilines is 1. The SMILES string of the molecule is CC(C)OC(=O)N[C@@H](C(=O)N1CCC[C@H]1C(=O)Nc1ccc2[nH]c(-c3ccc(-c4ncc([C@@H]5CCCN5C(=O)[C@H](NC(=O)O)c5ccccc5)[nH]4)cc3)cc2c1)c1ccccc1. The Kier molecular flexibility index (Phi) is 12.0. The molecule has 2 aliphatic rings. The lowest BCUT2D eigenvalue weighted by atomic mass is 10.0. The summed E-state index contributed by atoms with van der Waals surface area (Å²) in [5.74, 6) is -0.349. The maximum absolute atomic E-state index is 14.0. The Morgan fingerprint density at radius 2 is 1.37 bits per heavy atom. The number of hydrogen-bond donors (Lipinski definition) is 6. The van der Waals surface area contributed by atoms with Crippen LogP contribution in [0.25, 0.3) is 33.5 Å². The van der Waals surface area contributed by atoms with Crippen LogP contribution in [0.3, 0.4) is 0 Å². The molecule has 0 spiro atoms. The van der Waals surface area contributed by atoms with Crippen LogP contribution in [0, 0.1) is 0 Å². The second kappa shape index (κ2) is 18.1. The van der Waals surface area contributed by atoms with E-state index < -0.39 is 30.3 Å².